The quantitative estimate of drug-likeness (QED) is 0.901. The maximum absolute atomic E-state index is 6.05. The number of hydrogen-bond donors (Lipinski definition) is 1. The second kappa shape index (κ2) is 5.77. The van der Waals surface area contributed by atoms with Gasteiger partial charge in [-0.25, -0.2) is 0 Å². The Labute approximate surface area is 122 Å². The molecule has 2 aliphatic rings. The van der Waals surface area contributed by atoms with Crippen LogP contribution < -0.4 is 10.1 Å². The van der Waals surface area contributed by atoms with Crippen LogP contribution in [0.5, 0.6) is 5.75 Å². The van der Waals surface area contributed by atoms with E-state index in [0.717, 1.165) is 37.8 Å². The Balaban J connectivity index is 1.54. The summed E-state index contributed by atoms with van der Waals surface area (Å²) >= 11 is 0. The molecule has 1 aliphatic carbocycles. The Hall–Kier alpha value is -1.02. The van der Waals surface area contributed by atoms with Crippen molar-refractivity contribution in [3.8, 4) is 5.75 Å². The molecule has 1 aromatic carbocycles. The van der Waals surface area contributed by atoms with E-state index in [2.05, 4.69) is 37.4 Å². The van der Waals surface area contributed by atoms with Gasteiger partial charge in [0.1, 0.15) is 5.75 Å². The lowest BCUT2D eigenvalue weighted by molar-refractivity contribution is 0.142. The number of nitrogens with one attached hydrogen (secondary N) is 1. The fourth-order valence-electron chi connectivity index (χ4n) is 3.39. The summed E-state index contributed by atoms with van der Waals surface area (Å²) in [6.45, 7) is 7.76. The molecule has 1 fully saturated rings. The van der Waals surface area contributed by atoms with Gasteiger partial charge in [-0.3, -0.25) is 0 Å². The van der Waals surface area contributed by atoms with Crippen LogP contribution in [0, 0.1) is 11.3 Å². The molecule has 110 valence electrons. The molecule has 0 atom stereocenters. The minimum absolute atomic E-state index is 0.550. The lowest BCUT2D eigenvalue weighted by Gasteiger charge is -2.34. The molecule has 1 heterocycles. The summed E-state index contributed by atoms with van der Waals surface area (Å²) < 4.78 is 6.05. The van der Waals surface area contributed by atoms with Gasteiger partial charge in [0, 0.05) is 6.54 Å². The van der Waals surface area contributed by atoms with Crippen molar-refractivity contribution in [2.45, 2.75) is 52.5 Å². The van der Waals surface area contributed by atoms with Crippen LogP contribution in [-0.4, -0.2) is 13.2 Å². The van der Waals surface area contributed by atoms with Gasteiger partial charge in [0.05, 0.1) is 6.61 Å². The maximum Gasteiger partial charge on any atom is 0.119 e. The van der Waals surface area contributed by atoms with Gasteiger partial charge in [0.2, 0.25) is 0 Å². The van der Waals surface area contributed by atoms with E-state index in [1.54, 1.807) is 0 Å². The summed E-state index contributed by atoms with van der Waals surface area (Å²) in [4.78, 5) is 0. The fourth-order valence-corrected chi connectivity index (χ4v) is 3.39. The summed E-state index contributed by atoms with van der Waals surface area (Å²) in [5, 5.41) is 3.43. The number of rotatable bonds is 3. The molecule has 0 aromatic heterocycles. The van der Waals surface area contributed by atoms with Gasteiger partial charge in [-0.15, -0.1) is 0 Å². The van der Waals surface area contributed by atoms with Crippen molar-refractivity contribution < 1.29 is 4.74 Å². The highest BCUT2D eigenvalue weighted by Gasteiger charge is 2.27. The van der Waals surface area contributed by atoms with E-state index in [4.69, 9.17) is 4.74 Å². The lowest BCUT2D eigenvalue weighted by Crippen LogP contribution is -2.25. The third-order valence-corrected chi connectivity index (χ3v) is 5.01. The van der Waals surface area contributed by atoms with E-state index in [9.17, 15) is 0 Å². The minimum atomic E-state index is 0.550. The molecular weight excluding hydrogens is 246 g/mol. The second-order valence-corrected chi connectivity index (χ2v) is 7.28. The SMILES string of the molecule is CC1(C)CCC(COc2ccc3c(c2)CNCC3)CC1. The summed E-state index contributed by atoms with van der Waals surface area (Å²) in [6, 6.07) is 6.63. The van der Waals surface area contributed by atoms with E-state index >= 15 is 0 Å². The van der Waals surface area contributed by atoms with Crippen molar-refractivity contribution in [1.29, 1.82) is 0 Å². The predicted octanol–water partition coefficient (Wildman–Crippen LogP) is 3.93. The smallest absolute Gasteiger partial charge is 0.119 e. The third kappa shape index (κ3) is 3.35. The average molecular weight is 273 g/mol. The Morgan fingerprint density at radius 3 is 2.80 bits per heavy atom. The molecule has 1 saturated carbocycles. The van der Waals surface area contributed by atoms with Gasteiger partial charge >= 0.3 is 0 Å². The Kier molecular flexibility index (Phi) is 4.02. The molecule has 1 N–H and O–H groups in total. The zero-order valence-electron chi connectivity index (χ0n) is 12.9. The van der Waals surface area contributed by atoms with E-state index in [1.165, 1.54) is 36.8 Å². The normalized spacial score (nSPS) is 22.3. The van der Waals surface area contributed by atoms with Gasteiger partial charge in [0.15, 0.2) is 0 Å². The van der Waals surface area contributed by atoms with Crippen LogP contribution in [0.4, 0.5) is 0 Å². The summed E-state index contributed by atoms with van der Waals surface area (Å²) in [5.74, 6) is 1.80. The Morgan fingerprint density at radius 2 is 2.00 bits per heavy atom. The first kappa shape index (κ1) is 13.9. The third-order valence-electron chi connectivity index (χ3n) is 5.01. The standard InChI is InChI=1S/C18H27NO/c1-18(2)8-5-14(6-9-18)13-20-17-4-3-15-7-10-19-12-16(15)11-17/h3-4,11,14,19H,5-10,12-13H2,1-2H3. The van der Waals surface area contributed by atoms with E-state index in [1.807, 2.05) is 0 Å². The Bertz CT molecular complexity index is 456. The molecule has 2 heteroatoms. The lowest BCUT2D eigenvalue weighted by atomic mass is 9.73. The summed E-state index contributed by atoms with van der Waals surface area (Å²) in [6.07, 6.45) is 6.47. The highest BCUT2D eigenvalue weighted by atomic mass is 16.5. The molecule has 3 rings (SSSR count). The van der Waals surface area contributed by atoms with E-state index < -0.39 is 0 Å². The van der Waals surface area contributed by atoms with Gasteiger partial charge in [-0.2, -0.15) is 0 Å². The summed E-state index contributed by atoms with van der Waals surface area (Å²) in [5.41, 5.74) is 3.45. The van der Waals surface area contributed by atoms with Crippen molar-refractivity contribution in [3.63, 3.8) is 0 Å². The van der Waals surface area contributed by atoms with Crippen LogP contribution in [-0.2, 0) is 13.0 Å². The average Bonchev–Trinajstić information content (AvgIpc) is 2.46. The number of ether oxygens (including phenoxy) is 1. The van der Waals surface area contributed by atoms with Crippen LogP contribution in [0.1, 0.15) is 50.7 Å². The van der Waals surface area contributed by atoms with Crippen molar-refractivity contribution in [3.05, 3.63) is 29.3 Å². The highest BCUT2D eigenvalue weighted by molar-refractivity contribution is 5.37. The van der Waals surface area contributed by atoms with Gasteiger partial charge in [-0.05, 0) is 73.2 Å². The molecule has 20 heavy (non-hydrogen) atoms. The number of hydrogen-bond acceptors (Lipinski definition) is 2. The zero-order valence-corrected chi connectivity index (χ0v) is 12.9. The molecular formula is C18H27NO. The monoisotopic (exact) mass is 273 g/mol. The van der Waals surface area contributed by atoms with Gasteiger partial charge < -0.3 is 10.1 Å². The molecule has 0 unspecified atom stereocenters. The molecule has 0 spiro atoms. The maximum atomic E-state index is 6.05. The van der Waals surface area contributed by atoms with Crippen LogP contribution in [0.25, 0.3) is 0 Å². The van der Waals surface area contributed by atoms with Crippen molar-refractivity contribution in [2.75, 3.05) is 13.2 Å². The van der Waals surface area contributed by atoms with Gasteiger partial charge in [-0.1, -0.05) is 19.9 Å². The van der Waals surface area contributed by atoms with Crippen LogP contribution in [0.3, 0.4) is 0 Å². The van der Waals surface area contributed by atoms with Crippen molar-refractivity contribution in [1.82, 2.24) is 5.32 Å². The van der Waals surface area contributed by atoms with E-state index in [-0.39, 0.29) is 0 Å². The fraction of sp³-hybridized carbons (Fsp3) is 0.667. The minimum Gasteiger partial charge on any atom is -0.493 e. The first-order chi connectivity index (χ1) is 9.62. The molecule has 0 radical (unpaired) electrons. The Morgan fingerprint density at radius 1 is 1.20 bits per heavy atom. The van der Waals surface area contributed by atoms with Crippen LogP contribution >= 0.6 is 0 Å². The topological polar surface area (TPSA) is 21.3 Å². The van der Waals surface area contributed by atoms with Crippen molar-refractivity contribution >= 4 is 0 Å². The van der Waals surface area contributed by atoms with Crippen molar-refractivity contribution in [2.24, 2.45) is 11.3 Å². The molecule has 2 nitrogen and oxygen atoms in total. The molecule has 0 bridgehead atoms. The van der Waals surface area contributed by atoms with Crippen LogP contribution in [0.2, 0.25) is 0 Å². The first-order valence-corrected chi connectivity index (χ1v) is 8.08. The number of fused-ring (bicyclic) bond motifs is 1. The molecule has 0 saturated heterocycles. The highest BCUT2D eigenvalue weighted by Crippen LogP contribution is 2.38. The molecule has 1 aromatic rings. The largest absolute Gasteiger partial charge is 0.493 e. The zero-order chi connectivity index (χ0) is 14.0. The first-order valence-electron chi connectivity index (χ1n) is 8.08. The van der Waals surface area contributed by atoms with Gasteiger partial charge in [0.25, 0.3) is 0 Å². The summed E-state index contributed by atoms with van der Waals surface area (Å²) in [7, 11) is 0. The number of benzene rings is 1. The molecule has 0 amide bonds. The molecule has 1 aliphatic heterocycles. The predicted molar refractivity (Wildman–Crippen MR) is 83.1 cm³/mol. The van der Waals surface area contributed by atoms with E-state index in [0.29, 0.717) is 5.41 Å². The van der Waals surface area contributed by atoms with Crippen LogP contribution in [0.15, 0.2) is 18.2 Å². The second-order valence-electron chi connectivity index (χ2n) is 7.28.